The smallest absolute Gasteiger partial charge is 0.243 e. The molecule has 8 nitrogen and oxygen atoms in total. The minimum absolute atomic E-state index is 0.00840. The fourth-order valence-electron chi connectivity index (χ4n) is 3.76. The number of furan rings is 1. The van der Waals surface area contributed by atoms with Crippen LogP contribution in [0.5, 0.6) is 0 Å². The summed E-state index contributed by atoms with van der Waals surface area (Å²) in [5.74, 6) is 0.0866. The monoisotopic (exact) mass is 511 g/mol. The average molecular weight is 512 g/mol. The SMILES string of the molecule is CC(=O)Nc1ccc(S(=O)(=O)N(CC(=O)N(CCc2ccccc2)Cc2ccco2)CC(C)C)cc1. The lowest BCUT2D eigenvalue weighted by Gasteiger charge is -2.28. The number of carbonyl (C=O) groups is 2. The summed E-state index contributed by atoms with van der Waals surface area (Å²) in [5.41, 5.74) is 1.58. The summed E-state index contributed by atoms with van der Waals surface area (Å²) in [7, 11) is -3.95. The topological polar surface area (TPSA) is 99.9 Å². The normalized spacial score (nSPS) is 11.6. The van der Waals surface area contributed by atoms with E-state index < -0.39 is 10.0 Å². The van der Waals surface area contributed by atoms with E-state index >= 15 is 0 Å². The molecule has 0 aliphatic rings. The van der Waals surface area contributed by atoms with E-state index in [1.807, 2.05) is 44.2 Å². The summed E-state index contributed by atoms with van der Waals surface area (Å²) in [4.78, 5) is 26.4. The van der Waals surface area contributed by atoms with Crippen LogP contribution in [0.4, 0.5) is 5.69 Å². The lowest BCUT2D eigenvalue weighted by Crippen LogP contribution is -2.44. The molecule has 192 valence electrons. The first kappa shape index (κ1) is 27.2. The molecule has 3 aromatic rings. The molecule has 0 unspecified atom stereocenters. The maximum absolute atomic E-state index is 13.5. The second-order valence-corrected chi connectivity index (χ2v) is 11.0. The second-order valence-electron chi connectivity index (χ2n) is 9.03. The van der Waals surface area contributed by atoms with Gasteiger partial charge in [-0.25, -0.2) is 8.42 Å². The Bertz CT molecular complexity index is 1220. The van der Waals surface area contributed by atoms with Crippen LogP contribution >= 0.6 is 0 Å². The third kappa shape index (κ3) is 7.79. The van der Waals surface area contributed by atoms with Gasteiger partial charge in [0.25, 0.3) is 0 Å². The number of amides is 2. The number of anilines is 1. The molecule has 36 heavy (non-hydrogen) atoms. The minimum atomic E-state index is -3.95. The molecule has 0 bridgehead atoms. The molecule has 0 saturated heterocycles. The van der Waals surface area contributed by atoms with Crippen molar-refractivity contribution >= 4 is 27.5 Å². The molecule has 0 spiro atoms. The van der Waals surface area contributed by atoms with Crippen LogP contribution in [0.3, 0.4) is 0 Å². The van der Waals surface area contributed by atoms with Crippen LogP contribution in [-0.4, -0.2) is 49.1 Å². The summed E-state index contributed by atoms with van der Waals surface area (Å²) >= 11 is 0. The number of hydrogen-bond donors (Lipinski definition) is 1. The maximum Gasteiger partial charge on any atom is 0.243 e. The summed E-state index contributed by atoms with van der Waals surface area (Å²) < 4.78 is 33.7. The molecule has 0 aliphatic carbocycles. The molecule has 2 amide bonds. The van der Waals surface area contributed by atoms with Gasteiger partial charge < -0.3 is 14.6 Å². The van der Waals surface area contributed by atoms with Gasteiger partial charge in [0.1, 0.15) is 5.76 Å². The molecule has 0 radical (unpaired) electrons. The van der Waals surface area contributed by atoms with Crippen LogP contribution in [0.25, 0.3) is 0 Å². The van der Waals surface area contributed by atoms with Gasteiger partial charge in [0.05, 0.1) is 24.2 Å². The van der Waals surface area contributed by atoms with E-state index in [1.165, 1.54) is 35.5 Å². The van der Waals surface area contributed by atoms with Gasteiger partial charge in [-0.2, -0.15) is 4.31 Å². The van der Waals surface area contributed by atoms with E-state index in [0.29, 0.717) is 24.4 Å². The van der Waals surface area contributed by atoms with E-state index in [4.69, 9.17) is 4.42 Å². The van der Waals surface area contributed by atoms with Crippen molar-refractivity contribution < 1.29 is 22.4 Å². The minimum Gasteiger partial charge on any atom is -0.467 e. The predicted molar refractivity (Wildman–Crippen MR) is 139 cm³/mol. The largest absolute Gasteiger partial charge is 0.467 e. The van der Waals surface area contributed by atoms with E-state index in [0.717, 1.165) is 5.56 Å². The average Bonchev–Trinajstić information content (AvgIpc) is 3.35. The molecule has 0 fully saturated rings. The van der Waals surface area contributed by atoms with Gasteiger partial charge in [-0.1, -0.05) is 44.2 Å². The Morgan fingerprint density at radius 1 is 0.972 bits per heavy atom. The van der Waals surface area contributed by atoms with E-state index in [-0.39, 0.29) is 42.3 Å². The van der Waals surface area contributed by atoms with Gasteiger partial charge in [-0.15, -0.1) is 0 Å². The number of nitrogens with one attached hydrogen (secondary N) is 1. The van der Waals surface area contributed by atoms with Crippen molar-refractivity contribution in [2.75, 3.05) is 25.0 Å². The zero-order valence-corrected chi connectivity index (χ0v) is 21.7. The molecule has 0 aliphatic heterocycles. The quantitative estimate of drug-likeness (QED) is 0.394. The predicted octanol–water partition coefficient (Wildman–Crippen LogP) is 4.16. The molecule has 2 aromatic carbocycles. The van der Waals surface area contributed by atoms with Crippen molar-refractivity contribution in [2.24, 2.45) is 5.92 Å². The molecule has 0 saturated carbocycles. The number of nitrogens with zero attached hydrogens (tertiary/aromatic N) is 2. The molecule has 9 heteroatoms. The number of carbonyl (C=O) groups excluding carboxylic acids is 2. The Labute approximate surface area is 213 Å². The highest BCUT2D eigenvalue weighted by atomic mass is 32.2. The lowest BCUT2D eigenvalue weighted by atomic mass is 10.1. The molecule has 1 heterocycles. The third-order valence-corrected chi connectivity index (χ3v) is 7.31. The highest BCUT2D eigenvalue weighted by Gasteiger charge is 2.29. The summed E-state index contributed by atoms with van der Waals surface area (Å²) in [5, 5.41) is 2.62. The van der Waals surface area contributed by atoms with Crippen LogP contribution in [0.2, 0.25) is 0 Å². The van der Waals surface area contributed by atoms with Gasteiger partial charge in [0.2, 0.25) is 21.8 Å². The maximum atomic E-state index is 13.5. The van der Waals surface area contributed by atoms with Crippen molar-refractivity contribution in [1.82, 2.24) is 9.21 Å². The van der Waals surface area contributed by atoms with E-state index in [1.54, 1.807) is 23.3 Å². The fraction of sp³-hybridized carbons (Fsp3) is 0.333. The zero-order valence-electron chi connectivity index (χ0n) is 20.9. The Morgan fingerprint density at radius 2 is 1.67 bits per heavy atom. The number of sulfonamides is 1. The molecule has 0 atom stereocenters. The first-order chi connectivity index (χ1) is 17.1. The van der Waals surface area contributed by atoms with E-state index in [9.17, 15) is 18.0 Å². The van der Waals surface area contributed by atoms with E-state index in [2.05, 4.69) is 5.32 Å². The molecular weight excluding hydrogens is 478 g/mol. The molecule has 3 rings (SSSR count). The summed E-state index contributed by atoms with van der Waals surface area (Å²) in [6.07, 6.45) is 2.18. The Kier molecular flexibility index (Phi) is 9.44. The second kappa shape index (κ2) is 12.5. The van der Waals surface area contributed by atoms with Crippen molar-refractivity contribution in [3.8, 4) is 0 Å². The van der Waals surface area contributed by atoms with Crippen LogP contribution in [0.1, 0.15) is 32.1 Å². The lowest BCUT2D eigenvalue weighted by molar-refractivity contribution is -0.132. The zero-order chi connectivity index (χ0) is 26.1. The van der Waals surface area contributed by atoms with Crippen LogP contribution in [0, 0.1) is 5.92 Å². The van der Waals surface area contributed by atoms with Crippen molar-refractivity contribution in [1.29, 1.82) is 0 Å². The molecule has 1 aromatic heterocycles. The Morgan fingerprint density at radius 3 is 2.25 bits per heavy atom. The van der Waals surface area contributed by atoms with Crippen molar-refractivity contribution in [3.63, 3.8) is 0 Å². The van der Waals surface area contributed by atoms with Crippen LogP contribution in [-0.2, 0) is 32.6 Å². The highest BCUT2D eigenvalue weighted by Crippen LogP contribution is 2.20. The van der Waals surface area contributed by atoms with Gasteiger partial charge in [-0.3, -0.25) is 9.59 Å². The first-order valence-corrected chi connectivity index (χ1v) is 13.3. The van der Waals surface area contributed by atoms with Crippen molar-refractivity contribution in [2.45, 2.75) is 38.6 Å². The number of rotatable bonds is 12. The van der Waals surface area contributed by atoms with Gasteiger partial charge >= 0.3 is 0 Å². The third-order valence-electron chi connectivity index (χ3n) is 5.49. The standard InChI is InChI=1S/C27H33N3O5S/c1-21(2)18-30(36(33,34)26-13-11-24(12-14-26)28-22(3)31)20-27(32)29(19-25-10-7-17-35-25)16-15-23-8-5-4-6-9-23/h4-14,17,21H,15-16,18-20H2,1-3H3,(H,28,31). The molecule has 1 N–H and O–H groups in total. The van der Waals surface area contributed by atoms with Crippen LogP contribution < -0.4 is 5.32 Å². The van der Waals surface area contributed by atoms with Gasteiger partial charge in [0.15, 0.2) is 0 Å². The molecular formula is C27H33N3O5S. The Balaban J connectivity index is 1.81. The first-order valence-electron chi connectivity index (χ1n) is 11.9. The highest BCUT2D eigenvalue weighted by molar-refractivity contribution is 7.89. The van der Waals surface area contributed by atoms with Gasteiger partial charge in [0, 0.05) is 25.7 Å². The fourth-order valence-corrected chi connectivity index (χ4v) is 5.31. The summed E-state index contributed by atoms with van der Waals surface area (Å²) in [6.45, 7) is 5.77. The summed E-state index contributed by atoms with van der Waals surface area (Å²) in [6, 6.07) is 19.3. The van der Waals surface area contributed by atoms with Gasteiger partial charge in [-0.05, 0) is 54.3 Å². The number of benzene rings is 2. The Hall–Kier alpha value is -3.43. The number of hydrogen-bond acceptors (Lipinski definition) is 5. The van der Waals surface area contributed by atoms with Crippen molar-refractivity contribution in [3.05, 3.63) is 84.3 Å². The van der Waals surface area contributed by atoms with Crippen LogP contribution in [0.15, 0.2) is 82.3 Å².